The molecule has 1 fully saturated rings. The Labute approximate surface area is 184 Å². The van der Waals surface area contributed by atoms with Crippen LogP contribution in [0.5, 0.6) is 23.0 Å². The molecule has 2 aromatic rings. The van der Waals surface area contributed by atoms with E-state index in [2.05, 4.69) is 34.1 Å². The van der Waals surface area contributed by atoms with Crippen LogP contribution in [0, 0.1) is 0 Å². The second-order valence-corrected chi connectivity index (χ2v) is 7.54. The lowest BCUT2D eigenvalue weighted by Gasteiger charge is -2.34. The summed E-state index contributed by atoms with van der Waals surface area (Å²) in [5, 5.41) is 14.8. The Morgan fingerprint density at radius 3 is 1.41 bits per heavy atom. The zero-order valence-corrected chi connectivity index (χ0v) is 17.4. The van der Waals surface area contributed by atoms with Crippen LogP contribution in [0.25, 0.3) is 0 Å². The molecular weight excluding hydrogens is 420 g/mol. The highest BCUT2D eigenvalue weighted by atomic mass is 16.7. The molecule has 0 aromatic heterocycles. The van der Waals surface area contributed by atoms with Crippen LogP contribution >= 0.6 is 0 Å². The van der Waals surface area contributed by atoms with E-state index in [1.54, 1.807) is 0 Å². The van der Waals surface area contributed by atoms with Gasteiger partial charge in [0.25, 0.3) is 0 Å². The quantitative estimate of drug-likeness (QED) is 0.674. The van der Waals surface area contributed by atoms with Crippen molar-refractivity contribution in [2.24, 2.45) is 0 Å². The number of carbonyl (C=O) groups is 2. The summed E-state index contributed by atoms with van der Waals surface area (Å²) in [6.45, 7) is 6.84. The highest BCUT2D eigenvalue weighted by Crippen LogP contribution is 2.34. The maximum atomic E-state index is 9.10. The van der Waals surface area contributed by atoms with Crippen molar-refractivity contribution in [3.8, 4) is 23.0 Å². The summed E-state index contributed by atoms with van der Waals surface area (Å²) in [5.74, 6) is -0.220. The van der Waals surface area contributed by atoms with E-state index in [1.807, 2.05) is 12.1 Å². The lowest BCUT2D eigenvalue weighted by molar-refractivity contribution is -0.159. The minimum atomic E-state index is -1.82. The van der Waals surface area contributed by atoms with Gasteiger partial charge < -0.3 is 29.2 Å². The van der Waals surface area contributed by atoms with E-state index >= 15 is 0 Å². The van der Waals surface area contributed by atoms with Gasteiger partial charge in [0, 0.05) is 39.3 Å². The van der Waals surface area contributed by atoms with Gasteiger partial charge in [-0.15, -0.1) is 0 Å². The van der Waals surface area contributed by atoms with Crippen molar-refractivity contribution in [3.63, 3.8) is 0 Å². The average Bonchev–Trinajstić information content (AvgIpc) is 3.44. The number of fused-ring (bicyclic) bond motifs is 2. The van der Waals surface area contributed by atoms with Crippen LogP contribution in [0.4, 0.5) is 0 Å². The summed E-state index contributed by atoms with van der Waals surface area (Å²) in [4.78, 5) is 23.2. The van der Waals surface area contributed by atoms with E-state index in [-0.39, 0.29) is 0 Å². The van der Waals surface area contributed by atoms with Crippen LogP contribution in [0.15, 0.2) is 36.4 Å². The lowest BCUT2D eigenvalue weighted by Crippen LogP contribution is -2.45. The molecule has 2 aromatic carbocycles. The summed E-state index contributed by atoms with van der Waals surface area (Å²) in [5.41, 5.74) is 2.55. The fourth-order valence-corrected chi connectivity index (χ4v) is 3.70. The van der Waals surface area contributed by atoms with Gasteiger partial charge in [0.05, 0.1) is 0 Å². The zero-order chi connectivity index (χ0) is 22.5. The molecule has 10 heteroatoms. The fraction of sp³-hybridized carbons (Fsp3) is 0.364. The monoisotopic (exact) mass is 444 g/mol. The third kappa shape index (κ3) is 5.40. The summed E-state index contributed by atoms with van der Waals surface area (Å²) < 4.78 is 21.7. The second-order valence-electron chi connectivity index (χ2n) is 7.54. The van der Waals surface area contributed by atoms with Gasteiger partial charge in [-0.2, -0.15) is 0 Å². The van der Waals surface area contributed by atoms with E-state index in [9.17, 15) is 0 Å². The fourth-order valence-electron chi connectivity index (χ4n) is 3.70. The SMILES string of the molecule is O=C(O)C(=O)O.c1cc2c(cc1CN1CCN(Cc3ccc4c(c3)OCO4)CC1)OCO2. The van der Waals surface area contributed by atoms with Gasteiger partial charge in [-0.1, -0.05) is 12.1 Å². The van der Waals surface area contributed by atoms with Crippen molar-refractivity contribution in [2.75, 3.05) is 39.8 Å². The first kappa shape index (κ1) is 21.7. The highest BCUT2D eigenvalue weighted by molar-refractivity contribution is 6.27. The topological polar surface area (TPSA) is 118 Å². The van der Waals surface area contributed by atoms with E-state index in [1.165, 1.54) is 11.1 Å². The van der Waals surface area contributed by atoms with Crippen LogP contribution in [0.1, 0.15) is 11.1 Å². The molecule has 1 saturated heterocycles. The number of carboxylic acid groups (broad SMARTS) is 2. The number of piperazine rings is 1. The molecule has 0 unspecified atom stereocenters. The zero-order valence-electron chi connectivity index (χ0n) is 17.4. The number of ether oxygens (including phenoxy) is 4. The van der Waals surface area contributed by atoms with Gasteiger partial charge in [0.15, 0.2) is 23.0 Å². The van der Waals surface area contributed by atoms with Crippen LogP contribution in [-0.4, -0.2) is 71.7 Å². The Morgan fingerprint density at radius 1 is 0.656 bits per heavy atom. The number of carboxylic acids is 2. The Balaban J connectivity index is 0.000000363. The molecular formula is C22H24N2O8. The lowest BCUT2D eigenvalue weighted by atomic mass is 10.1. The molecule has 0 aliphatic carbocycles. The van der Waals surface area contributed by atoms with E-state index < -0.39 is 11.9 Å². The average molecular weight is 444 g/mol. The first-order valence-corrected chi connectivity index (χ1v) is 10.2. The molecule has 3 heterocycles. The van der Waals surface area contributed by atoms with Gasteiger partial charge in [-0.3, -0.25) is 9.80 Å². The van der Waals surface area contributed by atoms with Gasteiger partial charge in [0.1, 0.15) is 0 Å². The Hall–Kier alpha value is -3.50. The third-order valence-corrected chi connectivity index (χ3v) is 5.33. The molecule has 3 aliphatic rings. The van der Waals surface area contributed by atoms with Gasteiger partial charge in [-0.05, 0) is 35.4 Å². The third-order valence-electron chi connectivity index (χ3n) is 5.33. The molecule has 3 aliphatic heterocycles. The molecule has 5 rings (SSSR count). The summed E-state index contributed by atoms with van der Waals surface area (Å²) in [7, 11) is 0. The molecule has 0 amide bonds. The number of nitrogens with zero attached hydrogens (tertiary/aromatic N) is 2. The van der Waals surface area contributed by atoms with Crippen molar-refractivity contribution in [1.82, 2.24) is 9.80 Å². The molecule has 0 saturated carbocycles. The molecule has 170 valence electrons. The molecule has 0 atom stereocenters. The van der Waals surface area contributed by atoms with Crippen LogP contribution in [0.2, 0.25) is 0 Å². The number of benzene rings is 2. The van der Waals surface area contributed by atoms with E-state index in [0.29, 0.717) is 13.6 Å². The van der Waals surface area contributed by atoms with Crippen LogP contribution < -0.4 is 18.9 Å². The van der Waals surface area contributed by atoms with Gasteiger partial charge in [0.2, 0.25) is 13.6 Å². The largest absolute Gasteiger partial charge is 0.473 e. The minimum absolute atomic E-state index is 0.331. The van der Waals surface area contributed by atoms with Crippen molar-refractivity contribution < 1.29 is 38.7 Å². The van der Waals surface area contributed by atoms with Crippen molar-refractivity contribution in [3.05, 3.63) is 47.5 Å². The summed E-state index contributed by atoms with van der Waals surface area (Å²) >= 11 is 0. The number of hydrogen-bond donors (Lipinski definition) is 2. The van der Waals surface area contributed by atoms with Crippen molar-refractivity contribution in [2.45, 2.75) is 13.1 Å². The Morgan fingerprint density at radius 2 is 1.03 bits per heavy atom. The van der Waals surface area contributed by atoms with E-state index in [0.717, 1.165) is 62.3 Å². The van der Waals surface area contributed by atoms with Crippen molar-refractivity contribution in [1.29, 1.82) is 0 Å². The number of hydrogen-bond acceptors (Lipinski definition) is 8. The Kier molecular flexibility index (Phi) is 6.62. The molecule has 10 nitrogen and oxygen atoms in total. The first-order valence-electron chi connectivity index (χ1n) is 10.2. The standard InChI is InChI=1S/C20H22N2O4.C2H2O4/c1-3-17-19(25-13-23-17)9-15(1)11-21-5-7-22(8-6-21)12-16-2-4-18-20(10-16)26-14-24-18;3-1(4)2(5)6/h1-4,9-10H,5-8,11-14H2;(H,3,4)(H,5,6). The van der Waals surface area contributed by atoms with Crippen LogP contribution in [-0.2, 0) is 22.7 Å². The summed E-state index contributed by atoms with van der Waals surface area (Å²) in [6.07, 6.45) is 0. The maximum Gasteiger partial charge on any atom is 0.414 e. The van der Waals surface area contributed by atoms with Crippen molar-refractivity contribution >= 4 is 11.9 Å². The predicted molar refractivity (Wildman–Crippen MR) is 111 cm³/mol. The second kappa shape index (κ2) is 9.75. The maximum absolute atomic E-state index is 9.10. The Bertz CT molecular complexity index is 908. The minimum Gasteiger partial charge on any atom is -0.473 e. The number of aliphatic carboxylic acids is 2. The molecule has 32 heavy (non-hydrogen) atoms. The van der Waals surface area contributed by atoms with Crippen LogP contribution in [0.3, 0.4) is 0 Å². The van der Waals surface area contributed by atoms with E-state index in [4.69, 9.17) is 38.7 Å². The van der Waals surface area contributed by atoms with Gasteiger partial charge in [-0.25, -0.2) is 9.59 Å². The number of rotatable bonds is 4. The van der Waals surface area contributed by atoms with Gasteiger partial charge >= 0.3 is 11.9 Å². The highest BCUT2D eigenvalue weighted by Gasteiger charge is 2.20. The molecule has 0 spiro atoms. The molecule has 0 radical (unpaired) electrons. The smallest absolute Gasteiger partial charge is 0.414 e. The normalized spacial score (nSPS) is 16.9. The summed E-state index contributed by atoms with van der Waals surface area (Å²) in [6, 6.07) is 12.5. The molecule has 2 N–H and O–H groups in total. The first-order chi connectivity index (χ1) is 15.5. The predicted octanol–water partition coefficient (Wildman–Crippen LogP) is 1.62. The molecule has 0 bridgehead atoms.